The van der Waals surface area contributed by atoms with Gasteiger partial charge in [0, 0.05) is 30.6 Å². The molecular weight excluding hydrogens is 252 g/mol. The first kappa shape index (κ1) is 10.9. The molecule has 0 bridgehead atoms. The highest BCUT2D eigenvalue weighted by Gasteiger charge is 2.02. The third-order valence-corrected chi connectivity index (χ3v) is 3.28. The van der Waals surface area contributed by atoms with Gasteiger partial charge in [-0.15, -0.1) is 11.3 Å². The number of hydrogen-bond acceptors (Lipinski definition) is 6. The Balaban J connectivity index is 1.69. The molecule has 18 heavy (non-hydrogen) atoms. The summed E-state index contributed by atoms with van der Waals surface area (Å²) >= 11 is 1.63. The Hall–Kier alpha value is -2.22. The van der Waals surface area contributed by atoms with Gasteiger partial charge >= 0.3 is 5.69 Å². The molecule has 0 unspecified atom stereocenters. The predicted octanol–water partition coefficient (Wildman–Crippen LogP) is 0.529. The normalized spacial score (nSPS) is 10.9. The topological polar surface area (TPSA) is 88.0 Å². The van der Waals surface area contributed by atoms with Gasteiger partial charge in [-0.3, -0.25) is 0 Å². The maximum Gasteiger partial charge on any atom is 0.348 e. The van der Waals surface area contributed by atoms with Gasteiger partial charge in [0.05, 0.1) is 5.01 Å². The summed E-state index contributed by atoms with van der Waals surface area (Å²) < 4.78 is 1.35. The zero-order valence-electron chi connectivity index (χ0n) is 9.33. The quantitative estimate of drug-likeness (QED) is 0.716. The first-order valence-corrected chi connectivity index (χ1v) is 6.26. The van der Waals surface area contributed by atoms with E-state index in [0.29, 0.717) is 11.5 Å². The van der Waals surface area contributed by atoms with Crippen molar-refractivity contribution in [1.82, 2.24) is 24.6 Å². The summed E-state index contributed by atoms with van der Waals surface area (Å²) in [5.41, 5.74) is 0.263. The number of aromatic nitrogens is 5. The zero-order chi connectivity index (χ0) is 12.4. The van der Waals surface area contributed by atoms with Crippen molar-refractivity contribution in [3.05, 3.63) is 39.5 Å². The fourth-order valence-electron chi connectivity index (χ4n) is 1.58. The number of fused-ring (bicyclic) bond motifs is 1. The molecule has 0 spiro atoms. The van der Waals surface area contributed by atoms with Crippen molar-refractivity contribution in [3.63, 3.8) is 0 Å². The number of hydrogen-bond donors (Lipinski definition) is 2. The summed E-state index contributed by atoms with van der Waals surface area (Å²) in [5.74, 6) is 0.693. The summed E-state index contributed by atoms with van der Waals surface area (Å²) in [6.45, 7) is 0.741. The fourth-order valence-corrected chi connectivity index (χ4v) is 2.20. The van der Waals surface area contributed by atoms with Crippen molar-refractivity contribution in [3.8, 4) is 0 Å². The van der Waals surface area contributed by atoms with Crippen LogP contribution in [0.15, 0.2) is 28.8 Å². The van der Waals surface area contributed by atoms with Gasteiger partial charge in [-0.25, -0.2) is 24.3 Å². The van der Waals surface area contributed by atoms with E-state index in [1.807, 2.05) is 5.38 Å². The van der Waals surface area contributed by atoms with Gasteiger partial charge in [-0.05, 0) is 0 Å². The first-order valence-electron chi connectivity index (χ1n) is 5.38. The Labute approximate surface area is 106 Å². The molecule has 0 fully saturated rings. The highest BCUT2D eigenvalue weighted by atomic mass is 32.1. The molecule has 3 aromatic rings. The summed E-state index contributed by atoms with van der Waals surface area (Å²) in [5, 5.41) is 12.4. The van der Waals surface area contributed by atoms with Gasteiger partial charge in [0.1, 0.15) is 12.1 Å². The van der Waals surface area contributed by atoms with E-state index in [4.69, 9.17) is 0 Å². The minimum Gasteiger partial charge on any atom is -0.369 e. The molecule has 3 rings (SSSR count). The molecular formula is C10H10N6OS. The molecule has 7 nitrogen and oxygen atoms in total. The van der Waals surface area contributed by atoms with E-state index in [1.165, 1.54) is 10.7 Å². The van der Waals surface area contributed by atoms with Crippen LogP contribution in [0.3, 0.4) is 0 Å². The second-order valence-electron chi connectivity index (χ2n) is 3.63. The van der Waals surface area contributed by atoms with Crippen molar-refractivity contribution in [1.29, 1.82) is 0 Å². The van der Waals surface area contributed by atoms with E-state index < -0.39 is 0 Å². The van der Waals surface area contributed by atoms with E-state index in [2.05, 4.69) is 25.5 Å². The summed E-state index contributed by atoms with van der Waals surface area (Å²) in [7, 11) is 0. The largest absolute Gasteiger partial charge is 0.369 e. The lowest BCUT2D eigenvalue weighted by atomic mass is 10.4. The van der Waals surface area contributed by atoms with Crippen LogP contribution in [0.5, 0.6) is 0 Å². The van der Waals surface area contributed by atoms with Crippen LogP contribution in [0.1, 0.15) is 5.01 Å². The maximum atomic E-state index is 11.2. The van der Waals surface area contributed by atoms with E-state index in [0.717, 1.165) is 18.0 Å². The minimum atomic E-state index is -0.285. The number of aromatic amines is 1. The van der Waals surface area contributed by atoms with Crippen molar-refractivity contribution in [2.75, 3.05) is 11.9 Å². The van der Waals surface area contributed by atoms with Gasteiger partial charge in [-0.1, -0.05) is 0 Å². The minimum absolute atomic E-state index is 0.285. The van der Waals surface area contributed by atoms with Crippen molar-refractivity contribution >= 4 is 22.8 Å². The van der Waals surface area contributed by atoms with E-state index in [9.17, 15) is 4.79 Å². The van der Waals surface area contributed by atoms with E-state index in [1.54, 1.807) is 23.6 Å². The molecule has 0 atom stereocenters. The molecule has 0 aliphatic rings. The number of rotatable bonds is 4. The van der Waals surface area contributed by atoms with E-state index >= 15 is 0 Å². The predicted molar refractivity (Wildman–Crippen MR) is 67.9 cm³/mol. The number of H-pyrrole nitrogens is 1. The molecule has 3 aromatic heterocycles. The second kappa shape index (κ2) is 4.57. The molecule has 0 aliphatic heterocycles. The smallest absolute Gasteiger partial charge is 0.348 e. The molecule has 0 radical (unpaired) electrons. The van der Waals surface area contributed by atoms with Crippen LogP contribution in [-0.4, -0.2) is 31.1 Å². The Bertz CT molecular complexity index is 701. The van der Waals surface area contributed by atoms with Gasteiger partial charge in [0.15, 0.2) is 5.65 Å². The lowest BCUT2D eigenvalue weighted by Gasteiger charge is -2.03. The average molecular weight is 262 g/mol. The van der Waals surface area contributed by atoms with Crippen LogP contribution in [0.2, 0.25) is 0 Å². The van der Waals surface area contributed by atoms with Gasteiger partial charge < -0.3 is 5.32 Å². The average Bonchev–Trinajstić information content (AvgIpc) is 3.00. The van der Waals surface area contributed by atoms with Crippen molar-refractivity contribution in [2.24, 2.45) is 0 Å². The number of nitrogens with one attached hydrogen (secondary N) is 2. The summed E-state index contributed by atoms with van der Waals surface area (Å²) in [6.07, 6.45) is 4.09. The zero-order valence-corrected chi connectivity index (χ0v) is 10.1. The van der Waals surface area contributed by atoms with Crippen molar-refractivity contribution in [2.45, 2.75) is 6.42 Å². The SMILES string of the molecule is O=c1[nH]nc2cc(NCCc3nccs3)ncn12. The van der Waals surface area contributed by atoms with Crippen LogP contribution in [0, 0.1) is 0 Å². The Morgan fingerprint density at radius 2 is 2.39 bits per heavy atom. The Kier molecular flexibility index (Phi) is 2.77. The molecule has 0 aliphatic carbocycles. The lowest BCUT2D eigenvalue weighted by Crippen LogP contribution is -2.11. The standard InChI is InChI=1S/C10H10N6OS/c17-10-15-14-8-5-7(13-6-16(8)10)11-2-1-9-12-3-4-18-9/h3-6,11H,1-2H2,(H,15,17). The number of thiazole rings is 1. The molecule has 0 saturated heterocycles. The van der Waals surface area contributed by atoms with E-state index in [-0.39, 0.29) is 5.69 Å². The molecule has 3 heterocycles. The Morgan fingerprint density at radius 1 is 1.44 bits per heavy atom. The van der Waals surface area contributed by atoms with Gasteiger partial charge in [0.25, 0.3) is 0 Å². The molecule has 92 valence electrons. The van der Waals surface area contributed by atoms with Crippen LogP contribution in [0.4, 0.5) is 5.82 Å². The fraction of sp³-hybridized carbons (Fsp3) is 0.200. The number of nitrogens with zero attached hydrogens (tertiary/aromatic N) is 4. The maximum absolute atomic E-state index is 11.2. The highest BCUT2D eigenvalue weighted by molar-refractivity contribution is 7.09. The molecule has 2 N–H and O–H groups in total. The third-order valence-electron chi connectivity index (χ3n) is 2.44. The third kappa shape index (κ3) is 2.09. The highest BCUT2D eigenvalue weighted by Crippen LogP contribution is 2.07. The second-order valence-corrected chi connectivity index (χ2v) is 4.61. The molecule has 0 amide bonds. The monoisotopic (exact) mass is 262 g/mol. The Morgan fingerprint density at radius 3 is 3.22 bits per heavy atom. The molecule has 0 aromatic carbocycles. The van der Waals surface area contributed by atoms with Gasteiger partial charge in [0.2, 0.25) is 0 Å². The van der Waals surface area contributed by atoms with Gasteiger partial charge in [-0.2, -0.15) is 5.10 Å². The van der Waals surface area contributed by atoms with Crippen LogP contribution in [0.25, 0.3) is 5.65 Å². The molecule has 8 heteroatoms. The number of anilines is 1. The van der Waals surface area contributed by atoms with Crippen LogP contribution < -0.4 is 11.0 Å². The lowest BCUT2D eigenvalue weighted by molar-refractivity contribution is 0.967. The van der Waals surface area contributed by atoms with Crippen LogP contribution >= 0.6 is 11.3 Å². The van der Waals surface area contributed by atoms with Crippen molar-refractivity contribution < 1.29 is 0 Å². The first-order chi connectivity index (χ1) is 8.83. The summed E-state index contributed by atoms with van der Waals surface area (Å²) in [6, 6.07) is 1.72. The summed E-state index contributed by atoms with van der Waals surface area (Å²) in [4.78, 5) is 19.6. The van der Waals surface area contributed by atoms with Crippen LogP contribution in [-0.2, 0) is 6.42 Å². The molecule has 0 saturated carbocycles.